The number of aliphatic hydroxyl groups is 1. The largest absolute Gasteiger partial charge is 0.395 e. The Morgan fingerprint density at radius 3 is 2.57 bits per heavy atom. The van der Waals surface area contributed by atoms with Gasteiger partial charge in [0.2, 0.25) is 0 Å². The molecule has 3 N–H and O–H groups in total. The molecule has 5 heteroatoms. The van der Waals surface area contributed by atoms with Crippen LogP contribution >= 0.6 is 35.6 Å². The van der Waals surface area contributed by atoms with Crippen molar-refractivity contribution in [3.63, 3.8) is 0 Å². The van der Waals surface area contributed by atoms with Crippen molar-refractivity contribution in [3.8, 4) is 0 Å². The van der Waals surface area contributed by atoms with Gasteiger partial charge in [0.1, 0.15) is 0 Å². The van der Waals surface area contributed by atoms with Crippen molar-refractivity contribution in [1.29, 1.82) is 0 Å². The smallest absolute Gasteiger partial charge is 0.0585 e. The van der Waals surface area contributed by atoms with E-state index < -0.39 is 0 Å². The second-order valence-corrected chi connectivity index (χ2v) is 3.73. The van der Waals surface area contributed by atoms with Crippen molar-refractivity contribution in [2.24, 2.45) is 5.73 Å². The topological polar surface area (TPSA) is 46.2 Å². The van der Waals surface area contributed by atoms with Crippen molar-refractivity contribution in [2.75, 3.05) is 6.61 Å². The summed E-state index contributed by atoms with van der Waals surface area (Å²) in [6.45, 7) is -0.0527. The summed E-state index contributed by atoms with van der Waals surface area (Å²) in [5, 5.41) is 10.0. The number of hydrogen-bond acceptors (Lipinski definition) is 2. The van der Waals surface area contributed by atoms with Gasteiger partial charge in [-0.1, -0.05) is 23.2 Å². The van der Waals surface area contributed by atoms with Crippen LogP contribution in [0.4, 0.5) is 0 Å². The van der Waals surface area contributed by atoms with Gasteiger partial charge in [0, 0.05) is 16.1 Å². The Labute approximate surface area is 99.4 Å². The van der Waals surface area contributed by atoms with Gasteiger partial charge in [-0.3, -0.25) is 0 Å². The summed E-state index contributed by atoms with van der Waals surface area (Å²) in [6, 6.07) is 4.93. The highest BCUT2D eigenvalue weighted by atomic mass is 35.5. The molecule has 2 nitrogen and oxygen atoms in total. The molecule has 1 rings (SSSR count). The van der Waals surface area contributed by atoms with Crippen molar-refractivity contribution in [1.82, 2.24) is 0 Å². The van der Waals surface area contributed by atoms with Crippen LogP contribution in [-0.2, 0) is 6.42 Å². The van der Waals surface area contributed by atoms with Gasteiger partial charge in [-0.2, -0.15) is 0 Å². The summed E-state index contributed by atoms with van der Waals surface area (Å²) in [7, 11) is 0. The van der Waals surface area contributed by atoms with Gasteiger partial charge in [0.25, 0.3) is 0 Å². The lowest BCUT2D eigenvalue weighted by Crippen LogP contribution is -2.26. The van der Waals surface area contributed by atoms with E-state index in [0.717, 1.165) is 5.56 Å². The maximum absolute atomic E-state index is 8.76. The van der Waals surface area contributed by atoms with E-state index in [0.29, 0.717) is 16.5 Å². The molecule has 1 atom stereocenters. The van der Waals surface area contributed by atoms with Gasteiger partial charge in [0.15, 0.2) is 0 Å². The number of benzene rings is 1. The number of halogens is 3. The number of hydrogen-bond donors (Lipinski definition) is 2. The minimum absolute atomic E-state index is 0. The van der Waals surface area contributed by atoms with Crippen LogP contribution in [0.1, 0.15) is 5.56 Å². The summed E-state index contributed by atoms with van der Waals surface area (Å²) in [5.41, 5.74) is 6.44. The van der Waals surface area contributed by atoms with Crippen molar-refractivity contribution < 1.29 is 5.11 Å². The molecule has 0 aliphatic heterocycles. The molecule has 0 aromatic heterocycles. The normalized spacial score (nSPS) is 12.0. The molecule has 0 fully saturated rings. The third-order valence-corrected chi connectivity index (χ3v) is 2.33. The fourth-order valence-corrected chi connectivity index (χ4v) is 1.44. The van der Waals surface area contributed by atoms with Crippen molar-refractivity contribution in [2.45, 2.75) is 12.5 Å². The Morgan fingerprint density at radius 2 is 2.00 bits per heavy atom. The first-order chi connectivity index (χ1) is 6.13. The van der Waals surface area contributed by atoms with E-state index in [1.807, 2.05) is 0 Å². The number of rotatable bonds is 3. The van der Waals surface area contributed by atoms with E-state index in [9.17, 15) is 0 Å². The monoisotopic (exact) mass is 255 g/mol. The highest BCUT2D eigenvalue weighted by Gasteiger charge is 2.06. The van der Waals surface area contributed by atoms with E-state index in [2.05, 4.69) is 0 Å². The van der Waals surface area contributed by atoms with E-state index in [-0.39, 0.29) is 25.1 Å². The van der Waals surface area contributed by atoms with E-state index in [1.165, 1.54) is 0 Å². The zero-order chi connectivity index (χ0) is 9.84. The molecule has 80 valence electrons. The first kappa shape index (κ1) is 14.0. The van der Waals surface area contributed by atoms with Crippen LogP contribution in [0, 0.1) is 0 Å². The SMILES string of the molecule is Cl.NC(CO)Cc1cc(Cl)ccc1Cl. The molecule has 0 bridgehead atoms. The first-order valence-electron chi connectivity index (χ1n) is 3.94. The quantitative estimate of drug-likeness (QED) is 0.871. The molecule has 0 aliphatic rings. The molecule has 1 unspecified atom stereocenters. The highest BCUT2D eigenvalue weighted by Crippen LogP contribution is 2.21. The van der Waals surface area contributed by atoms with Crippen LogP contribution in [0.25, 0.3) is 0 Å². The fraction of sp³-hybridized carbons (Fsp3) is 0.333. The Balaban J connectivity index is 0.00000169. The molecule has 0 heterocycles. The van der Waals surface area contributed by atoms with Crippen LogP contribution in [-0.4, -0.2) is 17.8 Å². The molecule has 0 saturated carbocycles. The molecular weight excluding hydrogens is 244 g/mol. The third-order valence-electron chi connectivity index (χ3n) is 1.72. The van der Waals surface area contributed by atoms with Gasteiger partial charge >= 0.3 is 0 Å². The standard InChI is InChI=1S/C9H11Cl2NO.ClH/c10-7-1-2-9(11)6(3-7)4-8(12)5-13;/h1-3,8,13H,4-5,12H2;1H. The molecule has 0 saturated heterocycles. The van der Waals surface area contributed by atoms with E-state index >= 15 is 0 Å². The third kappa shape index (κ3) is 4.03. The summed E-state index contributed by atoms with van der Waals surface area (Å²) in [6.07, 6.45) is 0.538. The maximum atomic E-state index is 8.76. The van der Waals surface area contributed by atoms with Gasteiger partial charge in [0.05, 0.1) is 6.61 Å². The van der Waals surface area contributed by atoms with Crippen LogP contribution in [0.15, 0.2) is 18.2 Å². The average molecular weight is 257 g/mol. The lowest BCUT2D eigenvalue weighted by molar-refractivity contribution is 0.265. The first-order valence-corrected chi connectivity index (χ1v) is 4.69. The van der Waals surface area contributed by atoms with Crippen LogP contribution in [0.3, 0.4) is 0 Å². The summed E-state index contributed by atoms with van der Waals surface area (Å²) in [4.78, 5) is 0. The summed E-state index contributed by atoms with van der Waals surface area (Å²) < 4.78 is 0. The predicted octanol–water partition coefficient (Wildman–Crippen LogP) is 2.28. The number of aliphatic hydroxyl groups excluding tert-OH is 1. The zero-order valence-electron chi connectivity index (χ0n) is 7.41. The molecule has 0 spiro atoms. The predicted molar refractivity (Wildman–Crippen MR) is 62.5 cm³/mol. The lowest BCUT2D eigenvalue weighted by atomic mass is 10.1. The van der Waals surface area contributed by atoms with Crippen molar-refractivity contribution >= 4 is 35.6 Å². The second kappa shape index (κ2) is 6.49. The number of nitrogens with two attached hydrogens (primary N) is 1. The Kier molecular flexibility index (Phi) is 6.49. The van der Waals surface area contributed by atoms with E-state index in [4.69, 9.17) is 34.0 Å². The highest BCUT2D eigenvalue weighted by molar-refractivity contribution is 6.33. The zero-order valence-corrected chi connectivity index (χ0v) is 9.74. The average Bonchev–Trinajstić information content (AvgIpc) is 2.11. The fourth-order valence-electron chi connectivity index (χ4n) is 1.05. The maximum Gasteiger partial charge on any atom is 0.0585 e. The minimum Gasteiger partial charge on any atom is -0.395 e. The lowest BCUT2D eigenvalue weighted by Gasteiger charge is -2.09. The van der Waals surface area contributed by atoms with Gasteiger partial charge < -0.3 is 10.8 Å². The van der Waals surface area contributed by atoms with Gasteiger partial charge in [-0.05, 0) is 30.2 Å². The summed E-state index contributed by atoms with van der Waals surface area (Å²) >= 11 is 11.7. The van der Waals surface area contributed by atoms with Gasteiger partial charge in [-0.15, -0.1) is 12.4 Å². The molecule has 1 aromatic carbocycles. The summed E-state index contributed by atoms with van der Waals surface area (Å²) in [5.74, 6) is 0. The van der Waals surface area contributed by atoms with Crippen LogP contribution < -0.4 is 5.73 Å². The van der Waals surface area contributed by atoms with Crippen LogP contribution in [0.2, 0.25) is 10.0 Å². The molecule has 0 amide bonds. The van der Waals surface area contributed by atoms with Crippen LogP contribution in [0.5, 0.6) is 0 Å². The molecule has 0 radical (unpaired) electrons. The van der Waals surface area contributed by atoms with E-state index in [1.54, 1.807) is 18.2 Å². The second-order valence-electron chi connectivity index (χ2n) is 2.88. The Morgan fingerprint density at radius 1 is 1.36 bits per heavy atom. The molecule has 1 aromatic rings. The molecule has 14 heavy (non-hydrogen) atoms. The van der Waals surface area contributed by atoms with Gasteiger partial charge in [-0.25, -0.2) is 0 Å². The Hall–Kier alpha value is 0.01000. The Bertz CT molecular complexity index is 293. The molecular formula is C9H12Cl3NO. The van der Waals surface area contributed by atoms with Crippen molar-refractivity contribution in [3.05, 3.63) is 33.8 Å². The minimum atomic E-state index is -0.282. The molecule has 0 aliphatic carbocycles.